The molecule has 29 heavy (non-hydrogen) atoms. The Morgan fingerprint density at radius 2 is 1.76 bits per heavy atom. The van der Waals surface area contributed by atoms with Crippen LogP contribution in [0.25, 0.3) is 22.3 Å². The van der Waals surface area contributed by atoms with Crippen molar-refractivity contribution >= 4 is 11.0 Å². The van der Waals surface area contributed by atoms with Gasteiger partial charge in [-0.25, -0.2) is 0 Å². The highest BCUT2D eigenvalue weighted by molar-refractivity contribution is 5.82. The molecule has 0 aliphatic rings. The van der Waals surface area contributed by atoms with Gasteiger partial charge in [-0.1, -0.05) is 20.8 Å². The van der Waals surface area contributed by atoms with Gasteiger partial charge in [-0.15, -0.1) is 0 Å². The first-order valence-corrected chi connectivity index (χ1v) is 9.85. The Morgan fingerprint density at radius 3 is 2.38 bits per heavy atom. The summed E-state index contributed by atoms with van der Waals surface area (Å²) >= 11 is 0. The maximum Gasteiger partial charge on any atom is 0.197 e. The quantitative estimate of drug-likeness (QED) is 0.608. The van der Waals surface area contributed by atoms with Gasteiger partial charge in [-0.2, -0.15) is 0 Å². The van der Waals surface area contributed by atoms with Crippen LogP contribution in [0.2, 0.25) is 0 Å². The summed E-state index contributed by atoms with van der Waals surface area (Å²) in [5, 5.41) is 10.2. The van der Waals surface area contributed by atoms with Crippen molar-refractivity contribution in [2.24, 2.45) is 0 Å². The van der Waals surface area contributed by atoms with E-state index in [4.69, 9.17) is 9.15 Å². The van der Waals surface area contributed by atoms with Crippen LogP contribution in [0.15, 0.2) is 51.7 Å². The van der Waals surface area contributed by atoms with Gasteiger partial charge >= 0.3 is 0 Å². The number of hydrogen-bond acceptors (Lipinski definition) is 5. The number of rotatable bonds is 6. The number of phenols is 1. The maximum absolute atomic E-state index is 13.3. The highest BCUT2D eigenvalue weighted by Gasteiger charge is 2.26. The van der Waals surface area contributed by atoms with Gasteiger partial charge in [-0.05, 0) is 62.3 Å². The number of ether oxygens (including phenoxy) is 1. The van der Waals surface area contributed by atoms with Crippen LogP contribution in [0.1, 0.15) is 32.8 Å². The molecule has 3 aromatic rings. The van der Waals surface area contributed by atoms with E-state index < -0.39 is 5.41 Å². The van der Waals surface area contributed by atoms with E-state index in [1.165, 1.54) is 0 Å². The predicted molar refractivity (Wildman–Crippen MR) is 117 cm³/mol. The molecule has 3 rings (SSSR count). The van der Waals surface area contributed by atoms with Crippen LogP contribution in [-0.2, 0) is 5.41 Å². The first-order chi connectivity index (χ1) is 13.7. The van der Waals surface area contributed by atoms with Crippen LogP contribution in [0, 0.1) is 0 Å². The van der Waals surface area contributed by atoms with E-state index in [0.717, 1.165) is 18.5 Å². The van der Waals surface area contributed by atoms with Crippen LogP contribution in [-0.4, -0.2) is 37.3 Å². The minimum absolute atomic E-state index is 0.0408. The number of aromatic hydroxyl groups is 1. The molecular formula is C24H29NO4. The lowest BCUT2D eigenvalue weighted by molar-refractivity contribution is 0.281. The molecule has 0 bridgehead atoms. The van der Waals surface area contributed by atoms with Gasteiger partial charge in [-0.3, -0.25) is 4.79 Å². The second kappa shape index (κ2) is 8.29. The second-order valence-corrected chi connectivity index (χ2v) is 8.60. The van der Waals surface area contributed by atoms with E-state index in [9.17, 15) is 9.90 Å². The van der Waals surface area contributed by atoms with Gasteiger partial charge in [0.1, 0.15) is 22.8 Å². The van der Waals surface area contributed by atoms with E-state index in [0.29, 0.717) is 34.6 Å². The smallest absolute Gasteiger partial charge is 0.197 e. The van der Waals surface area contributed by atoms with Crippen LogP contribution in [0.5, 0.6) is 11.5 Å². The summed E-state index contributed by atoms with van der Waals surface area (Å²) in [6, 6.07) is 12.1. The summed E-state index contributed by atoms with van der Waals surface area (Å²) in [6.45, 7) is 7.53. The Hall–Kier alpha value is -2.79. The van der Waals surface area contributed by atoms with Gasteiger partial charge in [0.05, 0.1) is 12.0 Å². The Bertz CT molecular complexity index is 1040. The third-order valence-corrected chi connectivity index (χ3v) is 4.76. The van der Waals surface area contributed by atoms with Crippen molar-refractivity contribution in [2.75, 3.05) is 27.2 Å². The second-order valence-electron chi connectivity index (χ2n) is 8.60. The fourth-order valence-electron chi connectivity index (χ4n) is 3.33. The van der Waals surface area contributed by atoms with E-state index in [2.05, 4.69) is 4.90 Å². The summed E-state index contributed by atoms with van der Waals surface area (Å²) in [7, 11) is 4.06. The Morgan fingerprint density at radius 1 is 1.07 bits per heavy atom. The third kappa shape index (κ3) is 4.80. The topological polar surface area (TPSA) is 62.9 Å². The predicted octanol–water partition coefficient (Wildman–Crippen LogP) is 4.79. The number of fused-ring (bicyclic) bond motifs is 1. The molecule has 1 aromatic heterocycles. The zero-order valence-electron chi connectivity index (χ0n) is 17.8. The lowest BCUT2D eigenvalue weighted by Gasteiger charge is -2.22. The molecule has 0 atom stereocenters. The van der Waals surface area contributed by atoms with Crippen molar-refractivity contribution in [3.63, 3.8) is 0 Å². The Labute approximate surface area is 171 Å². The third-order valence-electron chi connectivity index (χ3n) is 4.76. The van der Waals surface area contributed by atoms with Crippen molar-refractivity contribution in [1.82, 2.24) is 4.90 Å². The average molecular weight is 395 g/mol. The number of nitrogens with zero attached hydrogens (tertiary/aromatic N) is 1. The van der Waals surface area contributed by atoms with Crippen molar-refractivity contribution in [1.29, 1.82) is 0 Å². The van der Waals surface area contributed by atoms with Crippen molar-refractivity contribution in [2.45, 2.75) is 32.6 Å². The van der Waals surface area contributed by atoms with Crippen LogP contribution in [0.3, 0.4) is 0 Å². The van der Waals surface area contributed by atoms with Gasteiger partial charge in [0.2, 0.25) is 0 Å². The lowest BCUT2D eigenvalue weighted by Crippen LogP contribution is -2.24. The lowest BCUT2D eigenvalue weighted by atomic mass is 9.84. The van der Waals surface area contributed by atoms with E-state index in [1.54, 1.807) is 36.4 Å². The minimum atomic E-state index is -0.399. The molecule has 1 N–H and O–H groups in total. The van der Waals surface area contributed by atoms with E-state index >= 15 is 0 Å². The molecule has 0 spiro atoms. The summed E-state index contributed by atoms with van der Waals surface area (Å²) in [5.74, 6) is 1.38. The minimum Gasteiger partial charge on any atom is -0.508 e. The Balaban J connectivity index is 2.07. The first kappa shape index (κ1) is 20.9. The summed E-state index contributed by atoms with van der Waals surface area (Å²) < 4.78 is 12.1. The summed E-state index contributed by atoms with van der Waals surface area (Å²) in [4.78, 5) is 15.4. The average Bonchev–Trinajstić information content (AvgIpc) is 2.64. The molecule has 0 amide bonds. The standard InChI is InChI=1S/C24H29NO4/c1-24(2,3)21-22(27)19-12-11-18(28-14-6-13-25(4)5)15-20(19)29-23(21)16-7-9-17(26)10-8-16/h7-12,15,26H,6,13-14H2,1-5H3. The zero-order valence-corrected chi connectivity index (χ0v) is 17.8. The molecular weight excluding hydrogens is 366 g/mol. The van der Waals surface area contributed by atoms with Gasteiger partial charge in [0.25, 0.3) is 0 Å². The molecule has 5 heteroatoms. The van der Waals surface area contributed by atoms with Crippen molar-refractivity contribution < 1.29 is 14.3 Å². The molecule has 1 heterocycles. The number of phenolic OH excluding ortho intramolecular Hbond substituents is 1. The summed E-state index contributed by atoms with van der Waals surface area (Å²) in [6.07, 6.45) is 0.913. The molecule has 2 aromatic carbocycles. The van der Waals surface area contributed by atoms with Crippen molar-refractivity contribution in [3.8, 4) is 22.8 Å². The number of benzene rings is 2. The maximum atomic E-state index is 13.3. The molecule has 0 aliphatic carbocycles. The van der Waals surface area contributed by atoms with Crippen LogP contribution < -0.4 is 10.2 Å². The molecule has 0 aliphatic heterocycles. The van der Waals surface area contributed by atoms with Gasteiger partial charge in [0.15, 0.2) is 5.43 Å². The monoisotopic (exact) mass is 395 g/mol. The first-order valence-electron chi connectivity index (χ1n) is 9.85. The molecule has 0 saturated carbocycles. The zero-order chi connectivity index (χ0) is 21.2. The highest BCUT2D eigenvalue weighted by Crippen LogP contribution is 2.34. The van der Waals surface area contributed by atoms with E-state index in [1.807, 2.05) is 40.9 Å². The molecule has 154 valence electrons. The van der Waals surface area contributed by atoms with Gasteiger partial charge in [0, 0.05) is 23.7 Å². The van der Waals surface area contributed by atoms with Crippen molar-refractivity contribution in [3.05, 3.63) is 58.3 Å². The summed E-state index contributed by atoms with van der Waals surface area (Å²) in [5.41, 5.74) is 1.43. The normalized spacial score (nSPS) is 11.9. The van der Waals surface area contributed by atoms with Gasteiger partial charge < -0.3 is 19.2 Å². The fourth-order valence-corrected chi connectivity index (χ4v) is 3.33. The van der Waals surface area contributed by atoms with E-state index in [-0.39, 0.29) is 11.2 Å². The molecule has 0 fully saturated rings. The molecule has 0 saturated heterocycles. The Kier molecular flexibility index (Phi) is 5.99. The number of hydrogen-bond donors (Lipinski definition) is 1. The molecule has 0 unspecified atom stereocenters. The van der Waals surface area contributed by atoms with Crippen LogP contribution in [0.4, 0.5) is 0 Å². The van der Waals surface area contributed by atoms with Crippen LogP contribution >= 0.6 is 0 Å². The highest BCUT2D eigenvalue weighted by atomic mass is 16.5. The largest absolute Gasteiger partial charge is 0.508 e. The SMILES string of the molecule is CN(C)CCCOc1ccc2c(=O)c(C(C)(C)C)c(-c3ccc(O)cc3)oc2c1. The molecule has 5 nitrogen and oxygen atoms in total. The fraction of sp³-hybridized carbons (Fsp3) is 0.375. The molecule has 0 radical (unpaired) electrons.